The molecule has 1 amide bonds. The van der Waals surface area contributed by atoms with E-state index in [1.807, 2.05) is 0 Å². The maximum Gasteiger partial charge on any atom is 0.270 e. The van der Waals surface area contributed by atoms with Crippen molar-refractivity contribution in [1.29, 1.82) is 0 Å². The Bertz CT molecular complexity index is 728. The number of hydrogen-bond donors (Lipinski definition) is 2. The molecular formula is C15H17N3O3S. The van der Waals surface area contributed by atoms with Gasteiger partial charge < -0.3 is 10.6 Å². The van der Waals surface area contributed by atoms with Gasteiger partial charge >= 0.3 is 0 Å². The molecule has 2 atom stereocenters. The van der Waals surface area contributed by atoms with Crippen molar-refractivity contribution in [3.8, 4) is 0 Å². The van der Waals surface area contributed by atoms with Crippen LogP contribution >= 0.6 is 11.3 Å². The van der Waals surface area contributed by atoms with Gasteiger partial charge in [-0.25, -0.2) is 0 Å². The molecule has 2 aromatic rings. The lowest BCUT2D eigenvalue weighted by molar-refractivity contribution is -0.384. The zero-order valence-corrected chi connectivity index (χ0v) is 13.0. The van der Waals surface area contributed by atoms with Crippen molar-refractivity contribution in [3.63, 3.8) is 0 Å². The lowest BCUT2D eigenvalue weighted by Crippen LogP contribution is -2.50. The average Bonchev–Trinajstić information content (AvgIpc) is 2.92. The van der Waals surface area contributed by atoms with Gasteiger partial charge in [-0.15, -0.1) is 11.3 Å². The minimum Gasteiger partial charge on any atom is -0.347 e. The highest BCUT2D eigenvalue weighted by atomic mass is 32.1. The second-order valence-electron chi connectivity index (χ2n) is 5.64. The van der Waals surface area contributed by atoms with E-state index in [-0.39, 0.29) is 17.6 Å². The molecule has 2 heterocycles. The standard InChI is InChI=1S/C15H17N3O3S/c1-9-4-5-16-8-12(9)17-15(19)14-7-10-6-11(18(20)21)2-3-13(10)22-14/h2-3,6-7,9,12,16H,4-5,8H2,1H3,(H,17,19). The summed E-state index contributed by atoms with van der Waals surface area (Å²) in [5.74, 6) is 0.338. The molecule has 22 heavy (non-hydrogen) atoms. The first-order chi connectivity index (χ1) is 10.5. The lowest BCUT2D eigenvalue weighted by atomic mass is 9.95. The van der Waals surface area contributed by atoms with Crippen molar-refractivity contribution in [2.45, 2.75) is 19.4 Å². The van der Waals surface area contributed by atoms with Crippen LogP contribution in [0.4, 0.5) is 5.69 Å². The van der Waals surface area contributed by atoms with E-state index in [9.17, 15) is 14.9 Å². The molecule has 0 spiro atoms. The molecule has 7 heteroatoms. The summed E-state index contributed by atoms with van der Waals surface area (Å²) in [6.07, 6.45) is 1.05. The molecule has 1 fully saturated rings. The number of thiophene rings is 1. The number of nitrogens with one attached hydrogen (secondary N) is 2. The van der Waals surface area contributed by atoms with Gasteiger partial charge in [0.25, 0.3) is 11.6 Å². The summed E-state index contributed by atoms with van der Waals surface area (Å²) >= 11 is 1.36. The number of fused-ring (bicyclic) bond motifs is 1. The monoisotopic (exact) mass is 319 g/mol. The van der Waals surface area contributed by atoms with Gasteiger partial charge in [0, 0.05) is 34.8 Å². The van der Waals surface area contributed by atoms with Crippen LogP contribution in [0.25, 0.3) is 10.1 Å². The number of carbonyl (C=O) groups excluding carboxylic acids is 1. The number of non-ortho nitro benzene ring substituents is 1. The van der Waals surface area contributed by atoms with E-state index in [1.165, 1.54) is 23.5 Å². The average molecular weight is 319 g/mol. The van der Waals surface area contributed by atoms with E-state index in [1.54, 1.807) is 12.1 Å². The van der Waals surface area contributed by atoms with E-state index in [0.29, 0.717) is 10.8 Å². The van der Waals surface area contributed by atoms with Crippen LogP contribution < -0.4 is 10.6 Å². The van der Waals surface area contributed by atoms with Crippen molar-refractivity contribution >= 4 is 33.0 Å². The van der Waals surface area contributed by atoms with Crippen LogP contribution in [0.1, 0.15) is 23.0 Å². The van der Waals surface area contributed by atoms with Crippen LogP contribution in [0.2, 0.25) is 0 Å². The molecule has 6 nitrogen and oxygen atoms in total. The molecule has 1 saturated heterocycles. The Hall–Kier alpha value is -1.99. The Labute approximate surface area is 131 Å². The molecule has 1 aromatic heterocycles. The maximum absolute atomic E-state index is 12.4. The van der Waals surface area contributed by atoms with Gasteiger partial charge in [0.2, 0.25) is 0 Å². The van der Waals surface area contributed by atoms with E-state index in [2.05, 4.69) is 17.6 Å². The third-order valence-corrected chi connectivity index (χ3v) is 5.19. The second-order valence-corrected chi connectivity index (χ2v) is 6.72. The zero-order chi connectivity index (χ0) is 15.7. The Morgan fingerprint density at radius 3 is 3.00 bits per heavy atom. The highest BCUT2D eigenvalue weighted by Gasteiger charge is 2.23. The van der Waals surface area contributed by atoms with E-state index < -0.39 is 4.92 Å². The van der Waals surface area contributed by atoms with Crippen molar-refractivity contribution in [1.82, 2.24) is 10.6 Å². The SMILES string of the molecule is CC1CCNCC1NC(=O)c1cc2cc([N+](=O)[O-])ccc2s1. The number of carbonyl (C=O) groups is 1. The summed E-state index contributed by atoms with van der Waals surface area (Å²) in [6, 6.07) is 6.52. The molecule has 0 radical (unpaired) electrons. The molecule has 1 aliphatic rings. The first-order valence-corrected chi connectivity index (χ1v) is 8.06. The van der Waals surface area contributed by atoms with Crippen LogP contribution in [0.3, 0.4) is 0 Å². The number of rotatable bonds is 3. The normalized spacial score (nSPS) is 21.7. The summed E-state index contributed by atoms with van der Waals surface area (Å²) in [4.78, 5) is 23.4. The van der Waals surface area contributed by atoms with Gasteiger partial charge in [-0.05, 0) is 31.0 Å². The largest absolute Gasteiger partial charge is 0.347 e. The molecule has 2 unspecified atom stereocenters. The smallest absolute Gasteiger partial charge is 0.270 e. The molecule has 0 saturated carbocycles. The second kappa shape index (κ2) is 6.02. The van der Waals surface area contributed by atoms with Gasteiger partial charge in [0.15, 0.2) is 0 Å². The van der Waals surface area contributed by atoms with Gasteiger partial charge in [-0.1, -0.05) is 6.92 Å². The first-order valence-electron chi connectivity index (χ1n) is 7.24. The highest BCUT2D eigenvalue weighted by Crippen LogP contribution is 2.29. The number of nitro groups is 1. The molecule has 3 rings (SSSR count). The predicted octanol–water partition coefficient (Wildman–Crippen LogP) is 2.54. The summed E-state index contributed by atoms with van der Waals surface area (Å²) in [6.45, 7) is 3.91. The third kappa shape index (κ3) is 2.95. The Kier molecular flexibility index (Phi) is 4.08. The van der Waals surface area contributed by atoms with Crippen LogP contribution in [0, 0.1) is 16.0 Å². The minimum absolute atomic E-state index is 0.0439. The zero-order valence-electron chi connectivity index (χ0n) is 12.2. The molecule has 1 aromatic carbocycles. The Morgan fingerprint density at radius 1 is 1.45 bits per heavy atom. The lowest BCUT2D eigenvalue weighted by Gasteiger charge is -2.30. The fourth-order valence-electron chi connectivity index (χ4n) is 2.68. The topological polar surface area (TPSA) is 84.3 Å². The van der Waals surface area contributed by atoms with Crippen molar-refractivity contribution in [2.24, 2.45) is 5.92 Å². The van der Waals surface area contributed by atoms with Crippen molar-refractivity contribution in [3.05, 3.63) is 39.3 Å². The van der Waals surface area contributed by atoms with E-state index in [4.69, 9.17) is 0 Å². The number of amides is 1. The first kappa shape index (κ1) is 14.9. The molecule has 0 bridgehead atoms. The number of nitrogens with zero attached hydrogens (tertiary/aromatic N) is 1. The van der Waals surface area contributed by atoms with Crippen LogP contribution in [-0.4, -0.2) is 30.0 Å². The minimum atomic E-state index is -0.424. The molecule has 116 valence electrons. The predicted molar refractivity (Wildman–Crippen MR) is 86.4 cm³/mol. The van der Waals surface area contributed by atoms with Gasteiger partial charge in [0.1, 0.15) is 0 Å². The quantitative estimate of drug-likeness (QED) is 0.672. The fraction of sp³-hybridized carbons (Fsp3) is 0.400. The Balaban J connectivity index is 1.80. The Morgan fingerprint density at radius 2 is 2.27 bits per heavy atom. The number of nitro benzene ring substituents is 1. The van der Waals surface area contributed by atoms with E-state index >= 15 is 0 Å². The molecule has 2 N–H and O–H groups in total. The highest BCUT2D eigenvalue weighted by molar-refractivity contribution is 7.20. The third-order valence-electron chi connectivity index (χ3n) is 4.08. The number of hydrogen-bond acceptors (Lipinski definition) is 5. The summed E-state index contributed by atoms with van der Waals surface area (Å²) in [7, 11) is 0. The van der Waals surface area contributed by atoms with Crippen LogP contribution in [-0.2, 0) is 0 Å². The maximum atomic E-state index is 12.4. The van der Waals surface area contributed by atoms with Crippen LogP contribution in [0.5, 0.6) is 0 Å². The van der Waals surface area contributed by atoms with Crippen molar-refractivity contribution < 1.29 is 9.72 Å². The summed E-state index contributed by atoms with van der Waals surface area (Å²) in [5, 5.41) is 17.9. The van der Waals surface area contributed by atoms with Crippen LogP contribution in [0.15, 0.2) is 24.3 Å². The van der Waals surface area contributed by atoms with Gasteiger partial charge in [0.05, 0.1) is 9.80 Å². The van der Waals surface area contributed by atoms with Gasteiger partial charge in [-0.3, -0.25) is 14.9 Å². The summed E-state index contributed by atoms with van der Waals surface area (Å²) < 4.78 is 0.880. The van der Waals surface area contributed by atoms with E-state index in [0.717, 1.165) is 29.6 Å². The summed E-state index contributed by atoms with van der Waals surface area (Å²) in [5.41, 5.74) is 0.0439. The fourth-order valence-corrected chi connectivity index (χ4v) is 3.62. The van der Waals surface area contributed by atoms with Gasteiger partial charge in [-0.2, -0.15) is 0 Å². The molecule has 1 aliphatic heterocycles. The number of piperidine rings is 1. The van der Waals surface area contributed by atoms with Crippen molar-refractivity contribution in [2.75, 3.05) is 13.1 Å². The molecule has 0 aliphatic carbocycles. The number of benzene rings is 1. The molecular weight excluding hydrogens is 302 g/mol.